The number of nitrogens with two attached hydrogens (primary N) is 1. The number of rotatable bonds is 4. The first-order valence-electron chi connectivity index (χ1n) is 7.53. The van der Waals surface area contributed by atoms with Crippen molar-refractivity contribution in [3.63, 3.8) is 0 Å². The number of hydrogen-bond acceptors (Lipinski definition) is 6. The summed E-state index contributed by atoms with van der Waals surface area (Å²) in [7, 11) is 0. The van der Waals surface area contributed by atoms with Crippen molar-refractivity contribution in [3.05, 3.63) is 11.2 Å². The summed E-state index contributed by atoms with van der Waals surface area (Å²) in [4.78, 5) is 16.0. The number of aromatic nitrogens is 1. The third-order valence-electron chi connectivity index (χ3n) is 3.57. The molecular weight excluding hydrogens is 339 g/mol. The summed E-state index contributed by atoms with van der Waals surface area (Å²) in [5, 5.41) is 15.0. The zero-order valence-electron chi connectivity index (χ0n) is 13.8. The highest BCUT2D eigenvalue weighted by Gasteiger charge is 2.45. The molecule has 2 rings (SSSR count). The van der Waals surface area contributed by atoms with Crippen LogP contribution in [0.15, 0.2) is 6.07 Å². The standard InChI is InChI=1S/C15H22ClFN4O3/c1-14(2,3)24-13(23)19-9-4-10(16)20-12(11(9)18)21-15(7-22)5-8(17)6-15/h4,8,22H,5-7,18H2,1-3H3,(H2,19,20,21,23). The predicted molar refractivity (Wildman–Crippen MR) is 91.1 cm³/mol. The van der Waals surface area contributed by atoms with Gasteiger partial charge in [-0.25, -0.2) is 14.2 Å². The fourth-order valence-corrected chi connectivity index (χ4v) is 2.64. The van der Waals surface area contributed by atoms with E-state index in [2.05, 4.69) is 15.6 Å². The fraction of sp³-hybridized carbons (Fsp3) is 0.600. The zero-order valence-corrected chi connectivity index (χ0v) is 14.6. The van der Waals surface area contributed by atoms with Crippen molar-refractivity contribution in [2.75, 3.05) is 23.0 Å². The van der Waals surface area contributed by atoms with E-state index in [0.29, 0.717) is 0 Å². The highest BCUT2D eigenvalue weighted by atomic mass is 35.5. The molecule has 1 aliphatic rings. The minimum atomic E-state index is -0.982. The molecular formula is C15H22ClFN4O3. The Labute approximate surface area is 144 Å². The van der Waals surface area contributed by atoms with Crippen LogP contribution in [0.5, 0.6) is 0 Å². The number of nitrogen functional groups attached to an aromatic ring is 1. The lowest BCUT2D eigenvalue weighted by Crippen LogP contribution is -2.54. The average Bonchev–Trinajstić information content (AvgIpc) is 2.39. The van der Waals surface area contributed by atoms with Crippen molar-refractivity contribution in [2.45, 2.75) is 50.9 Å². The Hall–Kier alpha value is -1.80. The lowest BCUT2D eigenvalue weighted by atomic mass is 9.75. The van der Waals surface area contributed by atoms with Gasteiger partial charge in [-0.3, -0.25) is 5.32 Å². The van der Waals surface area contributed by atoms with E-state index in [0.717, 1.165) is 0 Å². The maximum Gasteiger partial charge on any atom is 0.412 e. The van der Waals surface area contributed by atoms with Crippen LogP contribution in [0, 0.1) is 0 Å². The largest absolute Gasteiger partial charge is 0.444 e. The van der Waals surface area contributed by atoms with E-state index in [1.807, 2.05) is 0 Å². The lowest BCUT2D eigenvalue weighted by Gasteiger charge is -2.44. The fourth-order valence-electron chi connectivity index (χ4n) is 2.45. The summed E-state index contributed by atoms with van der Waals surface area (Å²) in [6.45, 7) is 4.93. The number of aliphatic hydroxyl groups excluding tert-OH is 1. The SMILES string of the molecule is CC(C)(C)OC(=O)Nc1cc(Cl)nc(NC2(CO)CC(F)C2)c1N. The van der Waals surface area contributed by atoms with E-state index < -0.39 is 23.4 Å². The Kier molecular flexibility index (Phi) is 5.10. The predicted octanol–water partition coefficient (Wildman–Crippen LogP) is 2.94. The number of ether oxygens (including phenoxy) is 1. The van der Waals surface area contributed by atoms with Gasteiger partial charge in [0.1, 0.15) is 16.9 Å². The van der Waals surface area contributed by atoms with E-state index >= 15 is 0 Å². The molecule has 0 bridgehead atoms. The number of halogens is 2. The molecule has 5 N–H and O–H groups in total. The first kappa shape index (κ1) is 18.5. The maximum atomic E-state index is 13.2. The summed E-state index contributed by atoms with van der Waals surface area (Å²) in [5.74, 6) is 0.175. The van der Waals surface area contributed by atoms with Crippen LogP contribution in [0.25, 0.3) is 0 Å². The van der Waals surface area contributed by atoms with Gasteiger partial charge in [0.05, 0.1) is 23.5 Å². The summed E-state index contributed by atoms with van der Waals surface area (Å²) < 4.78 is 18.4. The molecule has 0 unspecified atom stereocenters. The molecule has 1 heterocycles. The molecule has 0 saturated heterocycles. The van der Waals surface area contributed by atoms with Gasteiger partial charge in [0.2, 0.25) is 0 Å². The van der Waals surface area contributed by atoms with Crippen molar-refractivity contribution in [1.82, 2.24) is 4.98 Å². The number of anilines is 3. The minimum Gasteiger partial charge on any atom is -0.444 e. The second kappa shape index (κ2) is 6.60. The van der Waals surface area contributed by atoms with Gasteiger partial charge in [-0.15, -0.1) is 0 Å². The molecule has 0 atom stereocenters. The van der Waals surface area contributed by atoms with E-state index in [9.17, 15) is 14.3 Å². The van der Waals surface area contributed by atoms with Gasteiger partial charge in [0.15, 0.2) is 5.82 Å². The van der Waals surface area contributed by atoms with Crippen molar-refractivity contribution >= 4 is 34.9 Å². The van der Waals surface area contributed by atoms with Crippen LogP contribution >= 0.6 is 11.6 Å². The molecule has 0 aliphatic heterocycles. The van der Waals surface area contributed by atoms with Gasteiger partial charge in [-0.05, 0) is 20.8 Å². The average molecular weight is 361 g/mol. The van der Waals surface area contributed by atoms with Crippen LogP contribution in [0.4, 0.5) is 26.4 Å². The number of amides is 1. The molecule has 134 valence electrons. The second-order valence-corrected chi connectivity index (χ2v) is 7.34. The smallest absolute Gasteiger partial charge is 0.412 e. The summed E-state index contributed by atoms with van der Waals surface area (Å²) in [6.07, 6.45) is -1.38. The molecule has 7 nitrogen and oxygen atoms in total. The summed E-state index contributed by atoms with van der Waals surface area (Å²) in [5.41, 5.74) is 4.86. The summed E-state index contributed by atoms with van der Waals surface area (Å²) >= 11 is 5.97. The van der Waals surface area contributed by atoms with Gasteiger partial charge in [0.25, 0.3) is 0 Å². The highest BCUT2D eigenvalue weighted by Crippen LogP contribution is 2.39. The molecule has 1 aliphatic carbocycles. The molecule has 9 heteroatoms. The number of carbonyl (C=O) groups is 1. The Morgan fingerprint density at radius 1 is 1.58 bits per heavy atom. The van der Waals surface area contributed by atoms with E-state index in [4.69, 9.17) is 22.1 Å². The Balaban J connectivity index is 2.19. The van der Waals surface area contributed by atoms with E-state index in [1.54, 1.807) is 20.8 Å². The van der Waals surface area contributed by atoms with Gasteiger partial charge < -0.3 is 20.9 Å². The normalized spacial score (nSPS) is 23.3. The molecule has 1 aromatic rings. The monoisotopic (exact) mass is 360 g/mol. The molecule has 0 aromatic carbocycles. The maximum absolute atomic E-state index is 13.2. The van der Waals surface area contributed by atoms with Gasteiger partial charge in [-0.2, -0.15) is 0 Å². The summed E-state index contributed by atoms with van der Waals surface area (Å²) in [6, 6.07) is 1.39. The van der Waals surface area contributed by atoms with Crippen molar-refractivity contribution in [3.8, 4) is 0 Å². The van der Waals surface area contributed by atoms with Crippen LogP contribution in [-0.2, 0) is 4.74 Å². The third-order valence-corrected chi connectivity index (χ3v) is 3.77. The van der Waals surface area contributed by atoms with Crippen molar-refractivity contribution < 1.29 is 19.0 Å². The molecule has 24 heavy (non-hydrogen) atoms. The number of nitrogens with zero attached hydrogens (tertiary/aromatic N) is 1. The van der Waals surface area contributed by atoms with Crippen LogP contribution in [0.2, 0.25) is 5.15 Å². The molecule has 1 aromatic heterocycles. The van der Waals surface area contributed by atoms with Crippen molar-refractivity contribution in [1.29, 1.82) is 0 Å². The first-order chi connectivity index (χ1) is 11.0. The van der Waals surface area contributed by atoms with Crippen LogP contribution < -0.4 is 16.4 Å². The molecule has 0 spiro atoms. The number of nitrogens with one attached hydrogen (secondary N) is 2. The van der Waals surface area contributed by atoms with Crippen LogP contribution in [0.1, 0.15) is 33.6 Å². The highest BCUT2D eigenvalue weighted by molar-refractivity contribution is 6.30. The number of aliphatic hydroxyl groups is 1. The Bertz CT molecular complexity index is 630. The van der Waals surface area contributed by atoms with Crippen LogP contribution in [-0.4, -0.2) is 40.1 Å². The quantitative estimate of drug-likeness (QED) is 0.614. The molecule has 1 saturated carbocycles. The van der Waals surface area contributed by atoms with E-state index in [1.165, 1.54) is 6.07 Å². The Morgan fingerprint density at radius 2 is 2.21 bits per heavy atom. The first-order valence-corrected chi connectivity index (χ1v) is 7.90. The molecule has 1 amide bonds. The van der Waals surface area contributed by atoms with Crippen molar-refractivity contribution in [2.24, 2.45) is 0 Å². The lowest BCUT2D eigenvalue weighted by molar-refractivity contribution is 0.0623. The zero-order chi connectivity index (χ0) is 18.1. The molecule has 0 radical (unpaired) electrons. The van der Waals surface area contributed by atoms with E-state index in [-0.39, 0.29) is 41.8 Å². The second-order valence-electron chi connectivity index (χ2n) is 6.95. The number of hydrogen-bond donors (Lipinski definition) is 4. The van der Waals surface area contributed by atoms with Crippen LogP contribution in [0.3, 0.4) is 0 Å². The topological polar surface area (TPSA) is 110 Å². The molecule has 1 fully saturated rings. The van der Waals surface area contributed by atoms with Gasteiger partial charge in [0, 0.05) is 18.9 Å². The Morgan fingerprint density at radius 3 is 2.71 bits per heavy atom. The number of alkyl halides is 1. The van der Waals surface area contributed by atoms with Gasteiger partial charge >= 0.3 is 6.09 Å². The van der Waals surface area contributed by atoms with Gasteiger partial charge in [-0.1, -0.05) is 11.6 Å². The number of carbonyl (C=O) groups excluding carboxylic acids is 1. The number of pyridine rings is 1. The minimum absolute atomic E-state index is 0.0852. The third kappa shape index (κ3) is 4.39.